The van der Waals surface area contributed by atoms with Crippen LogP contribution in [0.4, 0.5) is 0 Å². The second-order valence-corrected chi connectivity index (χ2v) is 5.39. The average Bonchev–Trinajstić information content (AvgIpc) is 2.62. The Hall–Kier alpha value is -2.02. The Balaban J connectivity index is 2.13. The van der Waals surface area contributed by atoms with Gasteiger partial charge in [-0.15, -0.1) is 0 Å². The zero-order chi connectivity index (χ0) is 14.5. The highest BCUT2D eigenvalue weighted by Crippen LogP contribution is 2.22. The van der Waals surface area contributed by atoms with Crippen molar-refractivity contribution in [2.24, 2.45) is 5.92 Å². The molecule has 2 rings (SSSR count). The SMILES string of the molecule is COc1ccc(CN2CCC(C)CCC2=O)cc1C#N. The van der Waals surface area contributed by atoms with Crippen LogP contribution in [0.2, 0.25) is 0 Å². The molecule has 1 aromatic rings. The minimum absolute atomic E-state index is 0.212. The fourth-order valence-corrected chi connectivity index (χ4v) is 2.50. The Morgan fingerprint density at radius 1 is 1.45 bits per heavy atom. The van der Waals surface area contributed by atoms with Crippen molar-refractivity contribution in [1.82, 2.24) is 4.90 Å². The van der Waals surface area contributed by atoms with Gasteiger partial charge in [0.05, 0.1) is 12.7 Å². The summed E-state index contributed by atoms with van der Waals surface area (Å²) in [6.45, 7) is 3.57. The minimum atomic E-state index is 0.212. The van der Waals surface area contributed by atoms with Crippen LogP contribution < -0.4 is 4.74 Å². The summed E-state index contributed by atoms with van der Waals surface area (Å²) in [4.78, 5) is 14.0. The van der Waals surface area contributed by atoms with Crippen LogP contribution in [-0.4, -0.2) is 24.5 Å². The number of hydrogen-bond acceptors (Lipinski definition) is 3. The molecule has 106 valence electrons. The van der Waals surface area contributed by atoms with Crippen LogP contribution in [-0.2, 0) is 11.3 Å². The Morgan fingerprint density at radius 3 is 2.95 bits per heavy atom. The van der Waals surface area contributed by atoms with Crippen molar-refractivity contribution < 1.29 is 9.53 Å². The van der Waals surface area contributed by atoms with Crippen molar-refractivity contribution in [3.63, 3.8) is 0 Å². The lowest BCUT2D eigenvalue weighted by Gasteiger charge is -2.21. The number of ether oxygens (including phenoxy) is 1. The molecular weight excluding hydrogens is 252 g/mol. The molecule has 1 fully saturated rings. The highest BCUT2D eigenvalue weighted by Gasteiger charge is 2.20. The molecule has 1 amide bonds. The maximum atomic E-state index is 12.1. The lowest BCUT2D eigenvalue weighted by Crippen LogP contribution is -2.29. The van der Waals surface area contributed by atoms with E-state index in [1.807, 2.05) is 11.0 Å². The summed E-state index contributed by atoms with van der Waals surface area (Å²) in [7, 11) is 1.55. The molecule has 1 aliphatic heterocycles. The number of benzene rings is 1. The third kappa shape index (κ3) is 3.30. The molecule has 1 heterocycles. The van der Waals surface area contributed by atoms with E-state index in [1.54, 1.807) is 19.2 Å². The number of nitriles is 1. The average molecular weight is 272 g/mol. The minimum Gasteiger partial charge on any atom is -0.495 e. The summed E-state index contributed by atoms with van der Waals surface area (Å²) < 4.78 is 5.13. The number of likely N-dealkylation sites (tertiary alicyclic amines) is 1. The predicted molar refractivity (Wildman–Crippen MR) is 76.1 cm³/mol. The number of amides is 1. The van der Waals surface area contributed by atoms with Gasteiger partial charge in [-0.1, -0.05) is 13.0 Å². The van der Waals surface area contributed by atoms with Crippen molar-refractivity contribution in [1.29, 1.82) is 5.26 Å². The van der Waals surface area contributed by atoms with Gasteiger partial charge in [-0.05, 0) is 36.5 Å². The van der Waals surface area contributed by atoms with Gasteiger partial charge in [-0.2, -0.15) is 5.26 Å². The van der Waals surface area contributed by atoms with Gasteiger partial charge in [0.2, 0.25) is 5.91 Å². The Kier molecular flexibility index (Phi) is 4.62. The van der Waals surface area contributed by atoms with E-state index in [4.69, 9.17) is 10.00 Å². The molecule has 0 aliphatic carbocycles. The summed E-state index contributed by atoms with van der Waals surface area (Å²) in [5, 5.41) is 9.10. The van der Waals surface area contributed by atoms with Gasteiger partial charge < -0.3 is 9.64 Å². The molecule has 1 unspecified atom stereocenters. The zero-order valence-corrected chi connectivity index (χ0v) is 12.1. The van der Waals surface area contributed by atoms with Gasteiger partial charge in [0.1, 0.15) is 11.8 Å². The summed E-state index contributed by atoms with van der Waals surface area (Å²) in [5.74, 6) is 1.39. The molecule has 4 nitrogen and oxygen atoms in total. The normalized spacial score (nSPS) is 19.4. The fourth-order valence-electron chi connectivity index (χ4n) is 2.50. The molecule has 4 heteroatoms. The molecule has 1 aliphatic rings. The smallest absolute Gasteiger partial charge is 0.222 e. The van der Waals surface area contributed by atoms with Crippen LogP contribution in [0.25, 0.3) is 0 Å². The lowest BCUT2D eigenvalue weighted by atomic mass is 10.0. The zero-order valence-electron chi connectivity index (χ0n) is 12.1. The van der Waals surface area contributed by atoms with E-state index < -0.39 is 0 Å². The Labute approximate surface area is 120 Å². The van der Waals surface area contributed by atoms with Gasteiger partial charge >= 0.3 is 0 Å². The van der Waals surface area contributed by atoms with E-state index >= 15 is 0 Å². The highest BCUT2D eigenvalue weighted by molar-refractivity contribution is 5.76. The van der Waals surface area contributed by atoms with Crippen LogP contribution in [0.15, 0.2) is 18.2 Å². The first-order chi connectivity index (χ1) is 9.63. The van der Waals surface area contributed by atoms with Crippen molar-refractivity contribution in [2.45, 2.75) is 32.7 Å². The predicted octanol–water partition coefficient (Wildman–Crippen LogP) is 2.72. The van der Waals surface area contributed by atoms with Crippen molar-refractivity contribution in [3.05, 3.63) is 29.3 Å². The second-order valence-electron chi connectivity index (χ2n) is 5.39. The molecule has 0 bridgehead atoms. The van der Waals surface area contributed by atoms with E-state index in [0.717, 1.165) is 24.9 Å². The summed E-state index contributed by atoms with van der Waals surface area (Å²) >= 11 is 0. The molecule has 20 heavy (non-hydrogen) atoms. The molecule has 0 spiro atoms. The van der Waals surface area contributed by atoms with Crippen LogP contribution in [0, 0.1) is 17.2 Å². The molecule has 1 aromatic carbocycles. The van der Waals surface area contributed by atoms with E-state index in [-0.39, 0.29) is 5.91 Å². The maximum Gasteiger partial charge on any atom is 0.222 e. The van der Waals surface area contributed by atoms with E-state index in [2.05, 4.69) is 13.0 Å². The van der Waals surface area contributed by atoms with Gasteiger partial charge in [0.15, 0.2) is 0 Å². The molecule has 1 atom stereocenters. The van der Waals surface area contributed by atoms with Gasteiger partial charge in [0, 0.05) is 19.5 Å². The lowest BCUT2D eigenvalue weighted by molar-refractivity contribution is -0.131. The van der Waals surface area contributed by atoms with Gasteiger partial charge in [-0.25, -0.2) is 0 Å². The van der Waals surface area contributed by atoms with E-state index in [1.165, 1.54) is 0 Å². The first-order valence-corrected chi connectivity index (χ1v) is 6.99. The molecule has 0 N–H and O–H groups in total. The summed E-state index contributed by atoms with van der Waals surface area (Å²) in [6.07, 6.45) is 2.65. The number of carbonyl (C=O) groups is 1. The number of nitrogens with zero attached hydrogens (tertiary/aromatic N) is 2. The molecule has 1 saturated heterocycles. The quantitative estimate of drug-likeness (QED) is 0.850. The summed E-state index contributed by atoms with van der Waals surface area (Å²) in [5.41, 5.74) is 1.49. The van der Waals surface area contributed by atoms with Crippen LogP contribution in [0.5, 0.6) is 5.75 Å². The second kappa shape index (κ2) is 6.42. The third-order valence-electron chi connectivity index (χ3n) is 3.85. The van der Waals surface area contributed by atoms with Crippen LogP contribution in [0.3, 0.4) is 0 Å². The standard InChI is InChI=1S/C16H20N2O2/c1-12-3-6-16(19)18(8-7-12)11-13-4-5-15(20-2)14(9-13)10-17/h4-5,9,12H,3,6-8,11H2,1-2H3. The number of hydrogen-bond donors (Lipinski definition) is 0. The third-order valence-corrected chi connectivity index (χ3v) is 3.85. The monoisotopic (exact) mass is 272 g/mol. The van der Waals surface area contributed by atoms with E-state index in [0.29, 0.717) is 30.2 Å². The summed E-state index contributed by atoms with van der Waals surface area (Å²) in [6, 6.07) is 7.64. The van der Waals surface area contributed by atoms with Crippen LogP contribution >= 0.6 is 0 Å². The topological polar surface area (TPSA) is 53.3 Å². The van der Waals surface area contributed by atoms with Gasteiger partial charge in [-0.3, -0.25) is 4.79 Å². The van der Waals surface area contributed by atoms with Crippen molar-refractivity contribution in [2.75, 3.05) is 13.7 Å². The molecule has 0 aromatic heterocycles. The Morgan fingerprint density at radius 2 is 2.25 bits per heavy atom. The maximum absolute atomic E-state index is 12.1. The molecular formula is C16H20N2O2. The number of rotatable bonds is 3. The number of methoxy groups -OCH3 is 1. The fraction of sp³-hybridized carbons (Fsp3) is 0.500. The first kappa shape index (κ1) is 14.4. The van der Waals surface area contributed by atoms with E-state index in [9.17, 15) is 4.79 Å². The Bertz CT molecular complexity index is 534. The van der Waals surface area contributed by atoms with Gasteiger partial charge in [0.25, 0.3) is 0 Å². The number of carbonyl (C=O) groups excluding carboxylic acids is 1. The molecule has 0 radical (unpaired) electrons. The van der Waals surface area contributed by atoms with Crippen molar-refractivity contribution >= 4 is 5.91 Å². The largest absolute Gasteiger partial charge is 0.495 e. The van der Waals surface area contributed by atoms with Crippen LogP contribution in [0.1, 0.15) is 37.3 Å². The van der Waals surface area contributed by atoms with Crippen molar-refractivity contribution in [3.8, 4) is 11.8 Å². The highest BCUT2D eigenvalue weighted by atomic mass is 16.5. The first-order valence-electron chi connectivity index (χ1n) is 6.99. The molecule has 0 saturated carbocycles.